The number of hydrogen-bond donors (Lipinski definition) is 0. The monoisotopic (exact) mass is 451 g/mol. The number of benzene rings is 2. The Hall–Kier alpha value is -2.94. The molecule has 31 heavy (non-hydrogen) atoms. The van der Waals surface area contributed by atoms with Crippen molar-refractivity contribution in [3.63, 3.8) is 0 Å². The Morgan fingerprint density at radius 1 is 1.10 bits per heavy atom. The summed E-state index contributed by atoms with van der Waals surface area (Å²) in [6.07, 6.45) is -4.54. The smallest absolute Gasteiger partial charge is 0.416 e. The zero-order valence-electron chi connectivity index (χ0n) is 17.2. The number of halogens is 3. The standard InChI is InChI=1S/C22H20F3NO4S/c1-12(2)31(28,29)16-8-9-18-17(11-16)19(21(27)30-4)13(3)20(26-18)14-6-5-7-15(10-14)22(23,24)25/h5-12H,1-4H3. The van der Waals surface area contributed by atoms with Gasteiger partial charge >= 0.3 is 12.1 Å². The van der Waals surface area contributed by atoms with Crippen LogP contribution in [-0.2, 0) is 20.8 Å². The Morgan fingerprint density at radius 3 is 2.35 bits per heavy atom. The summed E-state index contributed by atoms with van der Waals surface area (Å²) in [5.41, 5.74) is 0.126. The third kappa shape index (κ3) is 4.14. The maximum atomic E-state index is 13.2. The molecule has 0 aliphatic rings. The van der Waals surface area contributed by atoms with E-state index in [0.717, 1.165) is 12.1 Å². The summed E-state index contributed by atoms with van der Waals surface area (Å²) >= 11 is 0. The number of carbonyl (C=O) groups excluding carboxylic acids is 1. The van der Waals surface area contributed by atoms with Crippen LogP contribution in [0, 0.1) is 6.92 Å². The summed E-state index contributed by atoms with van der Waals surface area (Å²) in [6.45, 7) is 4.62. The van der Waals surface area contributed by atoms with Gasteiger partial charge in [-0.2, -0.15) is 13.2 Å². The SMILES string of the molecule is COC(=O)c1c(C)c(-c2cccc(C(F)(F)F)c2)nc2ccc(S(=O)(=O)C(C)C)cc12. The van der Waals surface area contributed by atoms with Crippen LogP contribution < -0.4 is 0 Å². The highest BCUT2D eigenvalue weighted by Crippen LogP contribution is 2.35. The molecule has 3 rings (SSSR count). The minimum Gasteiger partial charge on any atom is -0.465 e. The van der Waals surface area contributed by atoms with Gasteiger partial charge in [0.1, 0.15) is 0 Å². The molecule has 0 aliphatic heterocycles. The molecule has 0 N–H and O–H groups in total. The molecule has 5 nitrogen and oxygen atoms in total. The Bertz CT molecular complexity index is 1280. The first-order valence-corrected chi connectivity index (χ1v) is 10.9. The van der Waals surface area contributed by atoms with E-state index in [1.165, 1.54) is 44.4 Å². The number of pyridine rings is 1. The van der Waals surface area contributed by atoms with Crippen LogP contribution in [0.3, 0.4) is 0 Å². The van der Waals surface area contributed by atoms with E-state index in [0.29, 0.717) is 0 Å². The number of ether oxygens (including phenoxy) is 1. The Labute approximate surface area is 177 Å². The molecule has 0 unspecified atom stereocenters. The van der Waals surface area contributed by atoms with Gasteiger partial charge in [0.15, 0.2) is 9.84 Å². The van der Waals surface area contributed by atoms with E-state index >= 15 is 0 Å². The molecule has 2 aromatic carbocycles. The van der Waals surface area contributed by atoms with Gasteiger partial charge in [0.25, 0.3) is 0 Å². The molecule has 0 radical (unpaired) electrons. The van der Waals surface area contributed by atoms with Crippen molar-refractivity contribution in [2.24, 2.45) is 0 Å². The van der Waals surface area contributed by atoms with Crippen molar-refractivity contribution in [3.05, 3.63) is 59.2 Å². The number of aromatic nitrogens is 1. The maximum Gasteiger partial charge on any atom is 0.416 e. The molecular weight excluding hydrogens is 431 g/mol. The van der Waals surface area contributed by atoms with Crippen LogP contribution in [0.5, 0.6) is 0 Å². The summed E-state index contributed by atoms with van der Waals surface area (Å²) in [5.74, 6) is -0.739. The van der Waals surface area contributed by atoms with Crippen molar-refractivity contribution in [2.75, 3.05) is 7.11 Å². The number of esters is 1. The van der Waals surface area contributed by atoms with Crippen molar-refractivity contribution in [2.45, 2.75) is 37.1 Å². The Balaban J connectivity index is 2.35. The van der Waals surface area contributed by atoms with Gasteiger partial charge in [-0.25, -0.2) is 18.2 Å². The lowest BCUT2D eigenvalue weighted by molar-refractivity contribution is -0.137. The molecule has 0 bridgehead atoms. The summed E-state index contributed by atoms with van der Waals surface area (Å²) < 4.78 is 69.6. The molecule has 9 heteroatoms. The maximum absolute atomic E-state index is 13.2. The van der Waals surface area contributed by atoms with Gasteiger partial charge < -0.3 is 4.74 Å². The van der Waals surface area contributed by atoms with E-state index in [1.54, 1.807) is 13.8 Å². The lowest BCUT2D eigenvalue weighted by Crippen LogP contribution is -2.14. The predicted octanol–water partition coefficient (Wildman–Crippen LogP) is 5.20. The minimum absolute atomic E-state index is 0.0215. The minimum atomic E-state index is -4.54. The average molecular weight is 451 g/mol. The van der Waals surface area contributed by atoms with Crippen molar-refractivity contribution >= 4 is 26.7 Å². The normalized spacial score (nSPS) is 12.4. The van der Waals surface area contributed by atoms with E-state index in [1.807, 2.05) is 0 Å². The van der Waals surface area contributed by atoms with Gasteiger partial charge in [0.2, 0.25) is 0 Å². The fourth-order valence-corrected chi connectivity index (χ4v) is 4.36. The highest BCUT2D eigenvalue weighted by atomic mass is 32.2. The van der Waals surface area contributed by atoms with E-state index in [-0.39, 0.29) is 38.2 Å². The third-order valence-electron chi connectivity index (χ3n) is 5.00. The first-order valence-electron chi connectivity index (χ1n) is 9.32. The van der Waals surface area contributed by atoms with E-state index in [9.17, 15) is 26.4 Å². The topological polar surface area (TPSA) is 73.3 Å². The highest BCUT2D eigenvalue weighted by molar-refractivity contribution is 7.92. The molecule has 0 saturated carbocycles. The summed E-state index contributed by atoms with van der Waals surface area (Å²) in [4.78, 5) is 17.0. The number of alkyl halides is 3. The molecule has 0 fully saturated rings. The summed E-state index contributed by atoms with van der Waals surface area (Å²) in [6, 6.07) is 8.80. The van der Waals surface area contributed by atoms with Gasteiger partial charge in [-0.05, 0) is 56.7 Å². The molecule has 1 heterocycles. The van der Waals surface area contributed by atoms with Gasteiger partial charge in [-0.1, -0.05) is 12.1 Å². The van der Waals surface area contributed by atoms with Gasteiger partial charge in [0.05, 0.1) is 39.6 Å². The number of carbonyl (C=O) groups is 1. The van der Waals surface area contributed by atoms with E-state index < -0.39 is 32.8 Å². The Morgan fingerprint density at radius 2 is 1.77 bits per heavy atom. The van der Waals surface area contributed by atoms with Crippen LogP contribution in [0.1, 0.15) is 35.3 Å². The third-order valence-corrected chi connectivity index (χ3v) is 7.15. The quantitative estimate of drug-likeness (QED) is 0.510. The van der Waals surface area contributed by atoms with Crippen LogP contribution in [0.25, 0.3) is 22.2 Å². The molecule has 0 amide bonds. The lowest BCUT2D eigenvalue weighted by Gasteiger charge is -2.16. The van der Waals surface area contributed by atoms with Crippen LogP contribution in [0.2, 0.25) is 0 Å². The molecular formula is C22H20F3NO4S. The second-order valence-corrected chi connectivity index (χ2v) is 9.81. The Kier molecular flexibility index (Phi) is 5.84. The number of methoxy groups -OCH3 is 1. The average Bonchev–Trinajstić information content (AvgIpc) is 2.71. The summed E-state index contributed by atoms with van der Waals surface area (Å²) in [7, 11) is -2.45. The van der Waals surface area contributed by atoms with Crippen LogP contribution >= 0.6 is 0 Å². The summed E-state index contributed by atoms with van der Waals surface area (Å²) in [5, 5.41) is -0.424. The highest BCUT2D eigenvalue weighted by Gasteiger charge is 2.31. The zero-order valence-corrected chi connectivity index (χ0v) is 18.1. The fourth-order valence-electron chi connectivity index (χ4n) is 3.28. The molecule has 164 valence electrons. The first-order chi connectivity index (χ1) is 14.4. The van der Waals surface area contributed by atoms with Crippen LogP contribution in [0.4, 0.5) is 13.2 Å². The van der Waals surface area contributed by atoms with Crippen LogP contribution in [-0.4, -0.2) is 31.7 Å². The lowest BCUT2D eigenvalue weighted by atomic mass is 9.97. The van der Waals surface area contributed by atoms with Crippen molar-refractivity contribution in [1.82, 2.24) is 4.98 Å². The number of rotatable bonds is 4. The zero-order chi connectivity index (χ0) is 23.1. The number of hydrogen-bond acceptors (Lipinski definition) is 5. The molecule has 1 aromatic heterocycles. The predicted molar refractivity (Wildman–Crippen MR) is 111 cm³/mol. The molecule has 3 aromatic rings. The van der Waals surface area contributed by atoms with Gasteiger partial charge in [0, 0.05) is 10.9 Å². The van der Waals surface area contributed by atoms with E-state index in [2.05, 4.69) is 4.98 Å². The fraction of sp³-hybridized carbons (Fsp3) is 0.273. The van der Waals surface area contributed by atoms with Crippen molar-refractivity contribution in [1.29, 1.82) is 0 Å². The van der Waals surface area contributed by atoms with Crippen LogP contribution in [0.15, 0.2) is 47.4 Å². The van der Waals surface area contributed by atoms with E-state index in [4.69, 9.17) is 4.74 Å². The number of sulfone groups is 1. The first kappa shape index (κ1) is 22.7. The van der Waals surface area contributed by atoms with Crippen molar-refractivity contribution < 1.29 is 31.1 Å². The largest absolute Gasteiger partial charge is 0.465 e. The molecule has 0 spiro atoms. The second-order valence-electron chi connectivity index (χ2n) is 7.30. The second kappa shape index (κ2) is 7.96. The van der Waals surface area contributed by atoms with Crippen molar-refractivity contribution in [3.8, 4) is 11.3 Å². The van der Waals surface area contributed by atoms with Gasteiger partial charge in [-0.15, -0.1) is 0 Å². The van der Waals surface area contributed by atoms with Gasteiger partial charge in [-0.3, -0.25) is 0 Å². The molecule has 0 aliphatic carbocycles. The number of nitrogens with zero attached hydrogens (tertiary/aromatic N) is 1. The number of fused-ring (bicyclic) bond motifs is 1. The molecule has 0 atom stereocenters. The molecule has 0 saturated heterocycles.